The molecule has 0 unspecified atom stereocenters. The summed E-state index contributed by atoms with van der Waals surface area (Å²) in [5.74, 6) is 0.132. The van der Waals surface area contributed by atoms with Crippen LogP contribution in [0.15, 0.2) is 17.6 Å². The zero-order valence-corrected chi connectivity index (χ0v) is 17.0. The van der Waals surface area contributed by atoms with Gasteiger partial charge in [-0.25, -0.2) is 15.0 Å². The minimum absolute atomic E-state index is 0.0915. The first-order valence-corrected chi connectivity index (χ1v) is 9.76. The highest BCUT2D eigenvalue weighted by Crippen LogP contribution is 2.30. The second kappa shape index (κ2) is 8.57. The van der Waals surface area contributed by atoms with Crippen LogP contribution in [0.25, 0.3) is 11.2 Å². The normalized spacial score (nSPS) is 12.3. The second-order valence-corrected chi connectivity index (χ2v) is 7.60. The molecule has 0 bridgehead atoms. The number of amides is 1. The van der Waals surface area contributed by atoms with Crippen LogP contribution in [0.2, 0.25) is 5.02 Å². The molecule has 0 aliphatic rings. The number of nitrogens with zero attached hydrogens (tertiary/aromatic N) is 5. The third-order valence-corrected chi connectivity index (χ3v) is 5.09. The molecule has 3 aromatic heterocycles. The fraction of sp³-hybridized carbons (Fsp3) is 0.375. The summed E-state index contributed by atoms with van der Waals surface area (Å²) in [6.07, 6.45) is 3.31. The number of nitrogen functional groups attached to an aromatic ring is 1. The standard InChI is InChI=1S/C16H19ClN8O2S/c1-4-9(28-14-10-11(21-6-20-10)22-15(18)25-14)12(26)23-16-19-5-8(17)13(24-16)27-7(2)3/h5-7,9H,4H2,1-3H3,(H,19,23,24,26)(H3,18,20,21,22,25)/t9-/m0/s1. The number of hydrogen-bond donors (Lipinski definition) is 3. The molecular weight excluding hydrogens is 404 g/mol. The van der Waals surface area contributed by atoms with Gasteiger partial charge in [0, 0.05) is 0 Å². The van der Waals surface area contributed by atoms with Crippen LogP contribution in [-0.4, -0.2) is 47.2 Å². The Morgan fingerprint density at radius 2 is 2.14 bits per heavy atom. The Kier molecular flexibility index (Phi) is 6.15. The van der Waals surface area contributed by atoms with Crippen LogP contribution in [0.4, 0.5) is 11.9 Å². The maximum atomic E-state index is 12.7. The van der Waals surface area contributed by atoms with Crippen LogP contribution in [0, 0.1) is 0 Å². The fourth-order valence-electron chi connectivity index (χ4n) is 2.27. The van der Waals surface area contributed by atoms with Crippen molar-refractivity contribution in [3.8, 4) is 5.88 Å². The van der Waals surface area contributed by atoms with Crippen molar-refractivity contribution in [3.63, 3.8) is 0 Å². The number of ether oxygens (including phenoxy) is 1. The van der Waals surface area contributed by atoms with Crippen LogP contribution in [0.3, 0.4) is 0 Å². The van der Waals surface area contributed by atoms with Crippen LogP contribution in [0.1, 0.15) is 27.2 Å². The fourth-order valence-corrected chi connectivity index (χ4v) is 3.43. The van der Waals surface area contributed by atoms with E-state index in [2.05, 4.69) is 35.2 Å². The Balaban J connectivity index is 1.78. The first kappa shape index (κ1) is 20.1. The number of aromatic amines is 1. The number of halogens is 1. The summed E-state index contributed by atoms with van der Waals surface area (Å²) in [5, 5.41) is 3.04. The molecule has 3 aromatic rings. The number of nitrogens with one attached hydrogen (secondary N) is 2. The van der Waals surface area contributed by atoms with Gasteiger partial charge in [-0.05, 0) is 20.3 Å². The van der Waals surface area contributed by atoms with Crippen LogP contribution < -0.4 is 15.8 Å². The number of aromatic nitrogens is 6. The summed E-state index contributed by atoms with van der Waals surface area (Å²) >= 11 is 7.29. The monoisotopic (exact) mass is 422 g/mol. The summed E-state index contributed by atoms with van der Waals surface area (Å²) < 4.78 is 5.52. The molecule has 0 saturated heterocycles. The predicted octanol–water partition coefficient (Wildman–Crippen LogP) is 2.68. The molecule has 0 spiro atoms. The van der Waals surface area contributed by atoms with Crippen molar-refractivity contribution in [1.29, 1.82) is 0 Å². The van der Waals surface area contributed by atoms with E-state index in [4.69, 9.17) is 22.1 Å². The lowest BCUT2D eigenvalue weighted by molar-refractivity contribution is -0.115. The molecule has 28 heavy (non-hydrogen) atoms. The average molecular weight is 423 g/mol. The minimum atomic E-state index is -0.463. The molecule has 12 heteroatoms. The third-order valence-electron chi connectivity index (χ3n) is 3.48. The number of carbonyl (C=O) groups is 1. The van der Waals surface area contributed by atoms with E-state index in [9.17, 15) is 4.79 Å². The van der Waals surface area contributed by atoms with Crippen molar-refractivity contribution in [2.24, 2.45) is 0 Å². The first-order chi connectivity index (χ1) is 13.4. The van der Waals surface area contributed by atoms with Gasteiger partial charge in [-0.2, -0.15) is 9.97 Å². The van der Waals surface area contributed by atoms with E-state index in [1.807, 2.05) is 20.8 Å². The molecule has 0 aliphatic carbocycles. The Morgan fingerprint density at radius 3 is 2.86 bits per heavy atom. The van der Waals surface area contributed by atoms with E-state index in [1.54, 1.807) is 0 Å². The van der Waals surface area contributed by atoms with Gasteiger partial charge in [0.25, 0.3) is 0 Å². The Labute approximate surface area is 170 Å². The highest BCUT2D eigenvalue weighted by atomic mass is 35.5. The maximum Gasteiger partial charge on any atom is 0.240 e. The zero-order chi connectivity index (χ0) is 20.3. The van der Waals surface area contributed by atoms with Crippen molar-refractivity contribution < 1.29 is 9.53 Å². The van der Waals surface area contributed by atoms with E-state index in [0.717, 1.165) is 0 Å². The maximum absolute atomic E-state index is 12.7. The average Bonchev–Trinajstić information content (AvgIpc) is 3.10. The van der Waals surface area contributed by atoms with Gasteiger partial charge in [0.05, 0.1) is 23.9 Å². The first-order valence-electron chi connectivity index (χ1n) is 8.50. The minimum Gasteiger partial charge on any atom is -0.474 e. The van der Waals surface area contributed by atoms with Crippen molar-refractivity contribution in [2.75, 3.05) is 11.1 Å². The topological polar surface area (TPSA) is 145 Å². The van der Waals surface area contributed by atoms with Gasteiger partial charge >= 0.3 is 0 Å². The largest absolute Gasteiger partial charge is 0.474 e. The predicted molar refractivity (Wildman–Crippen MR) is 107 cm³/mol. The lowest BCUT2D eigenvalue weighted by Crippen LogP contribution is -2.26. The number of nitrogens with two attached hydrogens (primary N) is 1. The molecule has 10 nitrogen and oxygen atoms in total. The molecule has 0 aromatic carbocycles. The smallest absolute Gasteiger partial charge is 0.240 e. The summed E-state index contributed by atoms with van der Waals surface area (Å²) in [6.45, 7) is 5.59. The molecule has 0 aliphatic heterocycles. The van der Waals surface area contributed by atoms with Gasteiger partial charge in [0.2, 0.25) is 23.7 Å². The molecule has 1 amide bonds. The zero-order valence-electron chi connectivity index (χ0n) is 15.4. The van der Waals surface area contributed by atoms with Crippen LogP contribution >= 0.6 is 23.4 Å². The summed E-state index contributed by atoms with van der Waals surface area (Å²) in [6, 6.07) is 0. The van der Waals surface area contributed by atoms with Crippen molar-refractivity contribution in [3.05, 3.63) is 17.5 Å². The van der Waals surface area contributed by atoms with E-state index in [0.29, 0.717) is 22.6 Å². The number of carbonyl (C=O) groups excluding carboxylic acids is 1. The summed E-state index contributed by atoms with van der Waals surface area (Å²) in [5.41, 5.74) is 6.81. The van der Waals surface area contributed by atoms with Gasteiger partial charge in [-0.15, -0.1) is 0 Å². The van der Waals surface area contributed by atoms with E-state index < -0.39 is 5.25 Å². The molecule has 4 N–H and O–H groups in total. The molecule has 0 radical (unpaired) electrons. The molecule has 0 saturated carbocycles. The SMILES string of the molecule is CC[C@H](Sc1nc(N)nc2nc[nH]c12)C(=O)Nc1ncc(Cl)c(OC(C)C)n1. The second-order valence-electron chi connectivity index (χ2n) is 6.01. The van der Waals surface area contributed by atoms with E-state index in [1.165, 1.54) is 24.3 Å². The number of thioether (sulfide) groups is 1. The molecule has 1 atom stereocenters. The Hall–Kier alpha value is -2.66. The quantitative estimate of drug-likeness (QED) is 0.386. The summed E-state index contributed by atoms with van der Waals surface area (Å²) in [7, 11) is 0. The molecular formula is C16H19ClN8O2S. The lowest BCUT2D eigenvalue weighted by Gasteiger charge is -2.15. The highest BCUT2D eigenvalue weighted by molar-refractivity contribution is 8.00. The van der Waals surface area contributed by atoms with Crippen molar-refractivity contribution in [2.45, 2.75) is 43.6 Å². The molecule has 0 fully saturated rings. The van der Waals surface area contributed by atoms with E-state index in [-0.39, 0.29) is 34.8 Å². The summed E-state index contributed by atoms with van der Waals surface area (Å²) in [4.78, 5) is 36.3. The molecule has 3 heterocycles. The van der Waals surface area contributed by atoms with Crippen molar-refractivity contribution >= 4 is 52.3 Å². The number of H-pyrrole nitrogens is 1. The lowest BCUT2D eigenvalue weighted by atomic mass is 10.3. The number of anilines is 2. The Bertz CT molecular complexity index is 996. The number of rotatable bonds is 7. The highest BCUT2D eigenvalue weighted by Gasteiger charge is 2.22. The Morgan fingerprint density at radius 1 is 1.36 bits per heavy atom. The van der Waals surface area contributed by atoms with Crippen molar-refractivity contribution in [1.82, 2.24) is 29.9 Å². The van der Waals surface area contributed by atoms with Gasteiger partial charge < -0.3 is 15.5 Å². The van der Waals surface area contributed by atoms with Gasteiger partial charge in [0.15, 0.2) is 5.65 Å². The van der Waals surface area contributed by atoms with Gasteiger partial charge in [0.1, 0.15) is 15.6 Å². The number of imidazole rings is 1. The number of hydrogen-bond acceptors (Lipinski definition) is 9. The third kappa shape index (κ3) is 4.60. The van der Waals surface area contributed by atoms with Gasteiger partial charge in [-0.1, -0.05) is 30.3 Å². The van der Waals surface area contributed by atoms with E-state index >= 15 is 0 Å². The van der Waals surface area contributed by atoms with Crippen LogP contribution in [-0.2, 0) is 4.79 Å². The van der Waals surface area contributed by atoms with Crippen LogP contribution in [0.5, 0.6) is 5.88 Å². The molecule has 148 valence electrons. The van der Waals surface area contributed by atoms with Gasteiger partial charge in [-0.3, -0.25) is 10.1 Å². The molecule has 3 rings (SSSR count). The number of fused-ring (bicyclic) bond motifs is 1.